The van der Waals surface area contributed by atoms with Crippen LogP contribution in [0.3, 0.4) is 0 Å². The Morgan fingerprint density at radius 3 is 2.63 bits per heavy atom. The molecule has 5 nitrogen and oxygen atoms in total. The quantitative estimate of drug-likeness (QED) is 0.905. The van der Waals surface area contributed by atoms with E-state index in [1.165, 1.54) is 36.1 Å². The molecule has 104 valence electrons. The first kappa shape index (κ1) is 13.8. The number of carbonyl (C=O) groups excluding carboxylic acids is 1. The molecule has 1 aromatic heterocycles. The monoisotopic (exact) mass is 263 g/mol. The molecule has 0 saturated heterocycles. The first-order valence-corrected chi connectivity index (χ1v) is 6.98. The Balaban J connectivity index is 2.10. The molecular weight excluding hydrogens is 242 g/mol. The van der Waals surface area contributed by atoms with Crippen LogP contribution in [0.15, 0.2) is 16.9 Å². The van der Waals surface area contributed by atoms with Crippen molar-refractivity contribution in [1.82, 2.24) is 15.1 Å². The minimum Gasteiger partial charge on any atom is -0.348 e. The average molecular weight is 263 g/mol. The third-order valence-corrected chi connectivity index (χ3v) is 3.49. The Hall–Kier alpha value is -1.65. The minimum atomic E-state index is -0.179. The number of carbonyl (C=O) groups is 1. The van der Waals surface area contributed by atoms with Crippen molar-refractivity contribution in [3.8, 4) is 0 Å². The Morgan fingerprint density at radius 1 is 1.32 bits per heavy atom. The second-order valence-corrected chi connectivity index (χ2v) is 5.40. The van der Waals surface area contributed by atoms with E-state index in [4.69, 9.17) is 0 Å². The number of rotatable bonds is 3. The smallest absolute Gasteiger partial charge is 0.271 e. The largest absolute Gasteiger partial charge is 0.348 e. The topological polar surface area (TPSA) is 64.0 Å². The summed E-state index contributed by atoms with van der Waals surface area (Å²) >= 11 is 0. The molecule has 1 aromatic rings. The fourth-order valence-electron chi connectivity index (χ4n) is 2.42. The summed E-state index contributed by atoms with van der Waals surface area (Å²) in [4.78, 5) is 23.7. The lowest BCUT2D eigenvalue weighted by Gasteiger charge is -2.22. The summed E-state index contributed by atoms with van der Waals surface area (Å²) in [6.45, 7) is 3.74. The van der Waals surface area contributed by atoms with Gasteiger partial charge in [-0.2, -0.15) is 5.10 Å². The van der Waals surface area contributed by atoms with Crippen LogP contribution in [0.5, 0.6) is 0 Å². The molecule has 1 N–H and O–H groups in total. The maximum Gasteiger partial charge on any atom is 0.271 e. The van der Waals surface area contributed by atoms with E-state index >= 15 is 0 Å². The number of aromatic nitrogens is 2. The molecule has 5 heteroatoms. The average Bonchev–Trinajstić information content (AvgIpc) is 2.40. The SMILES string of the molecule is CC(C)n1nc(C(=O)NC2CCCCC2)ccc1=O. The van der Waals surface area contributed by atoms with Crippen LogP contribution in [0, 0.1) is 0 Å². The van der Waals surface area contributed by atoms with Crippen LogP contribution in [0.25, 0.3) is 0 Å². The van der Waals surface area contributed by atoms with Crippen LogP contribution in [-0.2, 0) is 0 Å². The van der Waals surface area contributed by atoms with Gasteiger partial charge in [-0.1, -0.05) is 19.3 Å². The molecule has 19 heavy (non-hydrogen) atoms. The summed E-state index contributed by atoms with van der Waals surface area (Å²) in [6, 6.07) is 3.11. The van der Waals surface area contributed by atoms with Gasteiger partial charge in [-0.3, -0.25) is 9.59 Å². The lowest BCUT2D eigenvalue weighted by molar-refractivity contribution is 0.0919. The normalized spacial score (nSPS) is 16.6. The summed E-state index contributed by atoms with van der Waals surface area (Å²) in [5.41, 5.74) is 0.142. The fourth-order valence-corrected chi connectivity index (χ4v) is 2.42. The number of hydrogen-bond donors (Lipinski definition) is 1. The second kappa shape index (κ2) is 5.99. The van der Waals surface area contributed by atoms with E-state index in [0.29, 0.717) is 5.69 Å². The van der Waals surface area contributed by atoms with Crippen molar-refractivity contribution in [3.05, 3.63) is 28.2 Å². The Bertz CT molecular complexity index is 502. The van der Waals surface area contributed by atoms with E-state index in [0.717, 1.165) is 12.8 Å². The van der Waals surface area contributed by atoms with Gasteiger partial charge in [0.2, 0.25) is 0 Å². The molecule has 0 aliphatic heterocycles. The number of nitrogens with one attached hydrogen (secondary N) is 1. The summed E-state index contributed by atoms with van der Waals surface area (Å²) in [7, 11) is 0. The van der Waals surface area contributed by atoms with Gasteiger partial charge in [0.05, 0.1) is 6.04 Å². The van der Waals surface area contributed by atoms with Crippen LogP contribution in [0.4, 0.5) is 0 Å². The van der Waals surface area contributed by atoms with Crippen LogP contribution in [0.2, 0.25) is 0 Å². The zero-order valence-electron chi connectivity index (χ0n) is 11.6. The van der Waals surface area contributed by atoms with Crippen LogP contribution < -0.4 is 10.9 Å². The van der Waals surface area contributed by atoms with Gasteiger partial charge < -0.3 is 5.32 Å². The van der Waals surface area contributed by atoms with Crippen molar-refractivity contribution < 1.29 is 4.79 Å². The highest BCUT2D eigenvalue weighted by Gasteiger charge is 2.18. The Morgan fingerprint density at radius 2 is 2.00 bits per heavy atom. The van der Waals surface area contributed by atoms with Crippen LogP contribution in [-0.4, -0.2) is 21.7 Å². The summed E-state index contributed by atoms with van der Waals surface area (Å²) in [5.74, 6) is -0.179. The molecule has 0 unspecified atom stereocenters. The molecule has 0 atom stereocenters. The van der Waals surface area contributed by atoms with Gasteiger partial charge in [-0.15, -0.1) is 0 Å². The molecule has 2 rings (SSSR count). The maximum absolute atomic E-state index is 12.1. The summed E-state index contributed by atoms with van der Waals surface area (Å²) in [6.07, 6.45) is 5.67. The number of hydrogen-bond acceptors (Lipinski definition) is 3. The first-order chi connectivity index (χ1) is 9.08. The molecule has 1 aliphatic rings. The zero-order chi connectivity index (χ0) is 13.8. The third kappa shape index (κ3) is 3.43. The van der Waals surface area contributed by atoms with Crippen molar-refractivity contribution in [2.75, 3.05) is 0 Å². The van der Waals surface area contributed by atoms with Crippen LogP contribution in [0.1, 0.15) is 62.5 Å². The molecule has 0 aromatic carbocycles. The molecule has 1 saturated carbocycles. The van der Waals surface area contributed by atoms with E-state index in [1.54, 1.807) is 0 Å². The van der Waals surface area contributed by atoms with Crippen LogP contribution >= 0.6 is 0 Å². The van der Waals surface area contributed by atoms with Crippen molar-refractivity contribution in [2.24, 2.45) is 0 Å². The molecule has 0 radical (unpaired) electrons. The lowest BCUT2D eigenvalue weighted by atomic mass is 9.95. The molecule has 0 spiro atoms. The van der Waals surface area contributed by atoms with E-state index in [1.807, 2.05) is 13.8 Å². The van der Waals surface area contributed by atoms with Gasteiger partial charge in [0.1, 0.15) is 5.69 Å². The third-order valence-electron chi connectivity index (χ3n) is 3.49. The summed E-state index contributed by atoms with van der Waals surface area (Å²) < 4.78 is 1.34. The lowest BCUT2D eigenvalue weighted by Crippen LogP contribution is -2.38. The van der Waals surface area contributed by atoms with Gasteiger partial charge in [-0.05, 0) is 32.8 Å². The molecule has 1 heterocycles. The van der Waals surface area contributed by atoms with Crippen molar-refractivity contribution in [1.29, 1.82) is 0 Å². The number of nitrogens with zero attached hydrogens (tertiary/aromatic N) is 2. The zero-order valence-corrected chi connectivity index (χ0v) is 11.6. The predicted molar refractivity (Wildman–Crippen MR) is 73.2 cm³/mol. The predicted octanol–water partition coefficient (Wildman–Crippen LogP) is 1.89. The first-order valence-electron chi connectivity index (χ1n) is 6.98. The molecule has 0 bridgehead atoms. The highest BCUT2D eigenvalue weighted by molar-refractivity contribution is 5.92. The van der Waals surface area contributed by atoms with Crippen molar-refractivity contribution in [2.45, 2.75) is 58.0 Å². The second-order valence-electron chi connectivity index (χ2n) is 5.40. The highest BCUT2D eigenvalue weighted by atomic mass is 16.2. The van der Waals surface area contributed by atoms with E-state index in [-0.39, 0.29) is 23.6 Å². The van der Waals surface area contributed by atoms with E-state index in [9.17, 15) is 9.59 Å². The van der Waals surface area contributed by atoms with E-state index < -0.39 is 0 Å². The highest BCUT2D eigenvalue weighted by Crippen LogP contribution is 2.17. The maximum atomic E-state index is 12.1. The molecule has 1 fully saturated rings. The van der Waals surface area contributed by atoms with Crippen molar-refractivity contribution >= 4 is 5.91 Å². The Labute approximate surface area is 113 Å². The van der Waals surface area contributed by atoms with Crippen molar-refractivity contribution in [3.63, 3.8) is 0 Å². The van der Waals surface area contributed by atoms with Gasteiger partial charge in [0, 0.05) is 12.1 Å². The minimum absolute atomic E-state index is 0.0464. The molecule has 1 amide bonds. The molecule has 1 aliphatic carbocycles. The Kier molecular flexibility index (Phi) is 4.35. The van der Waals surface area contributed by atoms with Gasteiger partial charge in [-0.25, -0.2) is 4.68 Å². The summed E-state index contributed by atoms with van der Waals surface area (Å²) in [5, 5.41) is 7.13. The van der Waals surface area contributed by atoms with E-state index in [2.05, 4.69) is 10.4 Å². The van der Waals surface area contributed by atoms with Gasteiger partial charge >= 0.3 is 0 Å². The molecular formula is C14H21N3O2. The fraction of sp³-hybridized carbons (Fsp3) is 0.643. The number of amides is 1. The van der Waals surface area contributed by atoms with Gasteiger partial charge in [0.25, 0.3) is 11.5 Å². The van der Waals surface area contributed by atoms with Gasteiger partial charge in [0.15, 0.2) is 0 Å². The standard InChI is InChI=1S/C14H21N3O2/c1-10(2)17-13(18)9-8-12(16-17)14(19)15-11-6-4-3-5-7-11/h8-11H,3-7H2,1-2H3,(H,15,19).